The average Bonchev–Trinajstić information content (AvgIpc) is 2.42. The van der Waals surface area contributed by atoms with E-state index in [0.717, 1.165) is 16.2 Å². The standard InChI is InChI=1S/C10H14N2O3/c1-3-5-7-12-9(14)8(13)11(6-4-2)10(12)15/h4H,2-3,5-7H2,1H3. The van der Waals surface area contributed by atoms with Gasteiger partial charge in [-0.1, -0.05) is 19.4 Å². The first-order valence-electron chi connectivity index (χ1n) is 4.91. The number of imide groups is 2. The molecule has 82 valence electrons. The van der Waals surface area contributed by atoms with Crippen molar-refractivity contribution in [3.05, 3.63) is 12.7 Å². The van der Waals surface area contributed by atoms with E-state index in [-0.39, 0.29) is 6.54 Å². The number of hydrogen-bond donors (Lipinski definition) is 0. The Hall–Kier alpha value is -1.65. The second-order valence-electron chi connectivity index (χ2n) is 3.30. The van der Waals surface area contributed by atoms with Gasteiger partial charge in [-0.15, -0.1) is 6.58 Å². The summed E-state index contributed by atoms with van der Waals surface area (Å²) in [5, 5.41) is 0. The van der Waals surface area contributed by atoms with E-state index in [1.165, 1.54) is 6.08 Å². The van der Waals surface area contributed by atoms with Crippen LogP contribution in [-0.4, -0.2) is 40.7 Å². The van der Waals surface area contributed by atoms with E-state index in [1.807, 2.05) is 6.92 Å². The average molecular weight is 210 g/mol. The van der Waals surface area contributed by atoms with Gasteiger partial charge in [0.25, 0.3) is 0 Å². The van der Waals surface area contributed by atoms with E-state index in [9.17, 15) is 14.4 Å². The van der Waals surface area contributed by atoms with Crippen LogP contribution in [0.15, 0.2) is 12.7 Å². The molecule has 1 rings (SSSR count). The minimum Gasteiger partial charge on any atom is -0.263 e. The molecule has 0 aliphatic carbocycles. The normalized spacial score (nSPS) is 16.5. The van der Waals surface area contributed by atoms with E-state index in [0.29, 0.717) is 13.0 Å². The van der Waals surface area contributed by atoms with Crippen molar-refractivity contribution in [2.45, 2.75) is 19.8 Å². The van der Waals surface area contributed by atoms with Crippen molar-refractivity contribution in [2.24, 2.45) is 0 Å². The summed E-state index contributed by atoms with van der Waals surface area (Å²) in [6.07, 6.45) is 3.01. The highest BCUT2D eigenvalue weighted by Crippen LogP contribution is 2.12. The van der Waals surface area contributed by atoms with Crippen LogP contribution in [0.1, 0.15) is 19.8 Å². The summed E-state index contributed by atoms with van der Waals surface area (Å²) >= 11 is 0. The fourth-order valence-electron chi connectivity index (χ4n) is 1.35. The molecule has 1 heterocycles. The third kappa shape index (κ3) is 2.06. The zero-order valence-corrected chi connectivity index (χ0v) is 8.73. The zero-order chi connectivity index (χ0) is 11.4. The molecular formula is C10H14N2O3. The number of amides is 4. The van der Waals surface area contributed by atoms with E-state index < -0.39 is 17.8 Å². The molecule has 0 bridgehead atoms. The van der Waals surface area contributed by atoms with Gasteiger partial charge in [-0.2, -0.15) is 0 Å². The summed E-state index contributed by atoms with van der Waals surface area (Å²) in [5.41, 5.74) is 0. The Kier molecular flexibility index (Phi) is 3.60. The molecule has 0 unspecified atom stereocenters. The van der Waals surface area contributed by atoms with Gasteiger partial charge in [0.2, 0.25) is 0 Å². The molecule has 1 aliphatic heterocycles. The quantitative estimate of drug-likeness (QED) is 0.382. The van der Waals surface area contributed by atoms with Crippen LogP contribution in [0.4, 0.5) is 4.79 Å². The lowest BCUT2D eigenvalue weighted by atomic mass is 10.3. The summed E-state index contributed by atoms with van der Waals surface area (Å²) in [4.78, 5) is 36.2. The Morgan fingerprint density at radius 1 is 1.20 bits per heavy atom. The van der Waals surface area contributed by atoms with E-state index in [1.54, 1.807) is 0 Å². The molecule has 0 saturated carbocycles. The van der Waals surface area contributed by atoms with Crippen LogP contribution >= 0.6 is 0 Å². The molecule has 0 N–H and O–H groups in total. The van der Waals surface area contributed by atoms with Crippen molar-refractivity contribution in [3.8, 4) is 0 Å². The molecule has 1 aliphatic rings. The Morgan fingerprint density at radius 3 is 2.33 bits per heavy atom. The third-order valence-electron chi connectivity index (χ3n) is 2.18. The van der Waals surface area contributed by atoms with Crippen LogP contribution < -0.4 is 0 Å². The highest BCUT2D eigenvalue weighted by Gasteiger charge is 2.43. The Labute approximate surface area is 88.3 Å². The van der Waals surface area contributed by atoms with Crippen LogP contribution in [0.3, 0.4) is 0 Å². The van der Waals surface area contributed by atoms with Crippen molar-refractivity contribution in [3.63, 3.8) is 0 Å². The molecule has 15 heavy (non-hydrogen) atoms. The lowest BCUT2D eigenvalue weighted by Crippen LogP contribution is -2.34. The lowest BCUT2D eigenvalue weighted by molar-refractivity contribution is -0.143. The highest BCUT2D eigenvalue weighted by molar-refractivity contribution is 6.44. The smallest absolute Gasteiger partial charge is 0.263 e. The minimum absolute atomic E-state index is 0.0893. The fourth-order valence-corrected chi connectivity index (χ4v) is 1.35. The van der Waals surface area contributed by atoms with E-state index in [2.05, 4.69) is 6.58 Å². The third-order valence-corrected chi connectivity index (χ3v) is 2.18. The Bertz CT molecular complexity index is 312. The molecule has 0 radical (unpaired) electrons. The van der Waals surface area contributed by atoms with Crippen molar-refractivity contribution >= 4 is 17.8 Å². The van der Waals surface area contributed by atoms with Gasteiger partial charge >= 0.3 is 17.8 Å². The molecule has 1 saturated heterocycles. The molecule has 0 spiro atoms. The second kappa shape index (κ2) is 4.72. The van der Waals surface area contributed by atoms with Crippen molar-refractivity contribution in [1.82, 2.24) is 9.80 Å². The monoisotopic (exact) mass is 210 g/mol. The molecule has 0 atom stereocenters. The number of urea groups is 1. The van der Waals surface area contributed by atoms with Gasteiger partial charge in [-0.3, -0.25) is 19.4 Å². The molecule has 1 fully saturated rings. The first kappa shape index (κ1) is 11.4. The first-order chi connectivity index (χ1) is 7.13. The number of unbranched alkanes of at least 4 members (excludes halogenated alkanes) is 1. The van der Waals surface area contributed by atoms with Crippen LogP contribution in [0.2, 0.25) is 0 Å². The van der Waals surface area contributed by atoms with Crippen molar-refractivity contribution in [1.29, 1.82) is 0 Å². The lowest BCUT2D eigenvalue weighted by Gasteiger charge is -2.13. The molecule has 4 amide bonds. The predicted molar refractivity (Wildman–Crippen MR) is 53.9 cm³/mol. The molecule has 5 nitrogen and oxygen atoms in total. The number of nitrogens with zero attached hydrogens (tertiary/aromatic N) is 2. The summed E-state index contributed by atoms with van der Waals surface area (Å²) in [6, 6.07) is -0.529. The maximum Gasteiger partial charge on any atom is 0.334 e. The Morgan fingerprint density at radius 2 is 1.80 bits per heavy atom. The van der Waals surface area contributed by atoms with Gasteiger partial charge in [-0.25, -0.2) is 4.79 Å². The number of rotatable bonds is 5. The fraction of sp³-hybridized carbons (Fsp3) is 0.500. The summed E-state index contributed by atoms with van der Waals surface area (Å²) in [7, 11) is 0. The van der Waals surface area contributed by atoms with Crippen LogP contribution in [0, 0.1) is 0 Å². The number of carbonyl (C=O) groups is 3. The van der Waals surface area contributed by atoms with Crippen LogP contribution in [0.25, 0.3) is 0 Å². The summed E-state index contributed by atoms with van der Waals surface area (Å²) in [6.45, 7) is 5.78. The Balaban J connectivity index is 2.75. The van der Waals surface area contributed by atoms with Gasteiger partial charge in [0.1, 0.15) is 0 Å². The van der Waals surface area contributed by atoms with Gasteiger partial charge in [0.15, 0.2) is 0 Å². The maximum atomic E-state index is 11.6. The van der Waals surface area contributed by atoms with Gasteiger partial charge in [0.05, 0.1) is 0 Å². The first-order valence-corrected chi connectivity index (χ1v) is 4.91. The highest BCUT2D eigenvalue weighted by atomic mass is 16.2. The van der Waals surface area contributed by atoms with Gasteiger partial charge < -0.3 is 0 Å². The number of hydrogen-bond acceptors (Lipinski definition) is 3. The molecule has 0 aromatic carbocycles. The molecule has 5 heteroatoms. The van der Waals surface area contributed by atoms with E-state index >= 15 is 0 Å². The zero-order valence-electron chi connectivity index (χ0n) is 8.73. The SMILES string of the molecule is C=CCN1C(=O)C(=O)N(CCCC)C1=O. The molecule has 0 aromatic heterocycles. The topological polar surface area (TPSA) is 57.7 Å². The predicted octanol–water partition coefficient (Wildman–Crippen LogP) is 0.763. The van der Waals surface area contributed by atoms with Gasteiger partial charge in [0, 0.05) is 13.1 Å². The van der Waals surface area contributed by atoms with Crippen LogP contribution in [0.5, 0.6) is 0 Å². The molecule has 0 aromatic rings. The summed E-state index contributed by atoms with van der Waals surface area (Å²) < 4.78 is 0. The maximum absolute atomic E-state index is 11.6. The molecular weight excluding hydrogens is 196 g/mol. The minimum atomic E-state index is -0.754. The number of carbonyl (C=O) groups excluding carboxylic acids is 3. The summed E-state index contributed by atoms with van der Waals surface area (Å²) in [5.74, 6) is -1.48. The van der Waals surface area contributed by atoms with Crippen molar-refractivity contribution < 1.29 is 14.4 Å². The van der Waals surface area contributed by atoms with Crippen LogP contribution in [-0.2, 0) is 9.59 Å². The van der Waals surface area contributed by atoms with Gasteiger partial charge in [-0.05, 0) is 6.42 Å². The van der Waals surface area contributed by atoms with Crippen molar-refractivity contribution in [2.75, 3.05) is 13.1 Å². The largest absolute Gasteiger partial charge is 0.334 e. The second-order valence-corrected chi connectivity index (χ2v) is 3.30. The van der Waals surface area contributed by atoms with E-state index in [4.69, 9.17) is 0 Å².